The second-order valence-corrected chi connectivity index (χ2v) is 3.89. The van der Waals surface area contributed by atoms with Crippen LogP contribution in [-0.4, -0.2) is 39.2 Å². The van der Waals surface area contributed by atoms with Crippen LogP contribution in [0.2, 0.25) is 0 Å². The fourth-order valence-corrected chi connectivity index (χ4v) is 1.19. The predicted octanol–water partition coefficient (Wildman–Crippen LogP) is 0.612. The van der Waals surface area contributed by atoms with Crippen LogP contribution in [0.5, 0.6) is 0 Å². The smallest absolute Gasteiger partial charge is 0.358 e. The maximum atomic E-state index is 10.5. The molecule has 1 rings (SSSR count). The summed E-state index contributed by atoms with van der Waals surface area (Å²) in [5.41, 5.74) is -0.0121. The summed E-state index contributed by atoms with van der Waals surface area (Å²) in [6.07, 6.45) is 2.59. The first kappa shape index (κ1) is 12.6. The van der Waals surface area contributed by atoms with Gasteiger partial charge in [0, 0.05) is 6.54 Å². The molecule has 1 unspecified atom stereocenters. The van der Waals surface area contributed by atoms with Crippen molar-refractivity contribution in [3.8, 4) is 0 Å². The fraction of sp³-hybridized carbons (Fsp3) is 0.700. The lowest BCUT2D eigenvalue weighted by Crippen LogP contribution is -2.25. The van der Waals surface area contributed by atoms with Gasteiger partial charge in [-0.15, -0.1) is 5.10 Å². The van der Waals surface area contributed by atoms with Gasteiger partial charge in [-0.2, -0.15) is 0 Å². The molecule has 2 N–H and O–H groups in total. The van der Waals surface area contributed by atoms with Gasteiger partial charge in [0.05, 0.1) is 12.7 Å². The number of rotatable bonds is 7. The molecule has 0 amide bonds. The van der Waals surface area contributed by atoms with Crippen molar-refractivity contribution >= 4 is 5.97 Å². The largest absolute Gasteiger partial charge is 0.476 e. The van der Waals surface area contributed by atoms with Crippen LogP contribution in [0.25, 0.3) is 0 Å². The van der Waals surface area contributed by atoms with Crippen LogP contribution in [-0.2, 0) is 6.54 Å². The first-order valence-corrected chi connectivity index (χ1v) is 5.47. The molecule has 6 heteroatoms. The van der Waals surface area contributed by atoms with Crippen molar-refractivity contribution in [2.75, 3.05) is 13.1 Å². The first-order valence-electron chi connectivity index (χ1n) is 5.47. The maximum absolute atomic E-state index is 10.5. The Bertz CT molecular complexity index is 337. The monoisotopic (exact) mass is 226 g/mol. The molecule has 1 aromatic heterocycles. The molecular formula is C10H18N4O2. The molecule has 0 radical (unpaired) electrons. The summed E-state index contributed by atoms with van der Waals surface area (Å²) in [7, 11) is 0. The second-order valence-electron chi connectivity index (χ2n) is 3.89. The molecule has 1 atom stereocenters. The number of nitrogens with zero attached hydrogens (tertiary/aromatic N) is 3. The lowest BCUT2D eigenvalue weighted by atomic mass is 10.1. The van der Waals surface area contributed by atoms with Crippen LogP contribution >= 0.6 is 0 Å². The lowest BCUT2D eigenvalue weighted by molar-refractivity contribution is 0.0690. The minimum Gasteiger partial charge on any atom is -0.476 e. The molecule has 6 nitrogen and oxygen atoms in total. The molecule has 90 valence electrons. The highest BCUT2D eigenvalue weighted by Crippen LogP contribution is 1.97. The highest BCUT2D eigenvalue weighted by atomic mass is 16.4. The quantitative estimate of drug-likeness (QED) is 0.666. The van der Waals surface area contributed by atoms with E-state index in [1.807, 2.05) is 0 Å². The molecule has 0 bridgehead atoms. The van der Waals surface area contributed by atoms with Gasteiger partial charge >= 0.3 is 5.97 Å². The summed E-state index contributed by atoms with van der Waals surface area (Å²) in [4.78, 5) is 10.5. The number of carboxylic acids is 1. The van der Waals surface area contributed by atoms with E-state index in [0.717, 1.165) is 19.5 Å². The van der Waals surface area contributed by atoms with Gasteiger partial charge in [0.25, 0.3) is 0 Å². The van der Waals surface area contributed by atoms with Crippen molar-refractivity contribution in [1.82, 2.24) is 20.3 Å². The van der Waals surface area contributed by atoms with Gasteiger partial charge < -0.3 is 10.4 Å². The average molecular weight is 226 g/mol. The summed E-state index contributed by atoms with van der Waals surface area (Å²) >= 11 is 0. The predicted molar refractivity (Wildman–Crippen MR) is 59.3 cm³/mol. The number of aromatic carboxylic acids is 1. The van der Waals surface area contributed by atoms with Gasteiger partial charge in [-0.05, 0) is 12.5 Å². The van der Waals surface area contributed by atoms with Crippen LogP contribution in [0.15, 0.2) is 6.20 Å². The number of carbonyl (C=O) groups is 1. The third kappa shape index (κ3) is 3.98. The Hall–Kier alpha value is -1.43. The Morgan fingerprint density at radius 1 is 1.69 bits per heavy atom. The zero-order valence-corrected chi connectivity index (χ0v) is 9.68. The lowest BCUT2D eigenvalue weighted by Gasteiger charge is -2.09. The summed E-state index contributed by atoms with van der Waals surface area (Å²) < 4.78 is 1.53. The normalized spacial score (nSPS) is 12.6. The van der Waals surface area contributed by atoms with Gasteiger partial charge in [-0.25, -0.2) is 4.79 Å². The maximum Gasteiger partial charge on any atom is 0.358 e. The van der Waals surface area contributed by atoms with Crippen LogP contribution in [0.3, 0.4) is 0 Å². The van der Waals surface area contributed by atoms with E-state index in [4.69, 9.17) is 5.11 Å². The Balaban J connectivity index is 2.24. The summed E-state index contributed by atoms with van der Waals surface area (Å²) in [6, 6.07) is 0. The Morgan fingerprint density at radius 2 is 2.44 bits per heavy atom. The van der Waals surface area contributed by atoms with E-state index in [0.29, 0.717) is 12.5 Å². The number of aromatic nitrogens is 3. The van der Waals surface area contributed by atoms with Crippen molar-refractivity contribution in [3.05, 3.63) is 11.9 Å². The molecule has 0 aliphatic heterocycles. The molecule has 0 spiro atoms. The SMILES string of the molecule is CCC(C)CNCCn1cc(C(=O)O)nn1. The van der Waals surface area contributed by atoms with Crippen LogP contribution in [0.4, 0.5) is 0 Å². The molecule has 0 aliphatic rings. The summed E-state index contributed by atoms with van der Waals surface area (Å²) in [5, 5.41) is 19.2. The number of hydrogen-bond donors (Lipinski definition) is 2. The molecule has 1 aromatic rings. The van der Waals surface area contributed by atoms with Gasteiger partial charge in [0.1, 0.15) is 0 Å². The van der Waals surface area contributed by atoms with Crippen LogP contribution < -0.4 is 5.32 Å². The third-order valence-electron chi connectivity index (χ3n) is 2.47. The van der Waals surface area contributed by atoms with Crippen molar-refractivity contribution in [2.24, 2.45) is 5.92 Å². The zero-order valence-electron chi connectivity index (χ0n) is 9.68. The molecule has 16 heavy (non-hydrogen) atoms. The first-order chi connectivity index (χ1) is 7.63. The van der Waals surface area contributed by atoms with Crippen molar-refractivity contribution in [1.29, 1.82) is 0 Å². The van der Waals surface area contributed by atoms with Crippen molar-refractivity contribution in [3.63, 3.8) is 0 Å². The van der Waals surface area contributed by atoms with Gasteiger partial charge in [0.2, 0.25) is 0 Å². The molecular weight excluding hydrogens is 208 g/mol. The molecule has 0 aromatic carbocycles. The van der Waals surface area contributed by atoms with Gasteiger partial charge in [0.15, 0.2) is 5.69 Å². The van der Waals surface area contributed by atoms with E-state index in [2.05, 4.69) is 29.5 Å². The summed E-state index contributed by atoms with van der Waals surface area (Å²) in [5.74, 6) is -0.385. The molecule has 0 saturated heterocycles. The fourth-order valence-electron chi connectivity index (χ4n) is 1.19. The van der Waals surface area contributed by atoms with Crippen LogP contribution in [0, 0.1) is 5.92 Å². The standard InChI is InChI=1S/C10H18N4O2/c1-3-8(2)6-11-4-5-14-7-9(10(15)16)12-13-14/h7-8,11H,3-6H2,1-2H3,(H,15,16). The Morgan fingerprint density at radius 3 is 3.00 bits per heavy atom. The van der Waals surface area contributed by atoms with E-state index in [1.165, 1.54) is 10.9 Å². The highest BCUT2D eigenvalue weighted by molar-refractivity contribution is 5.84. The molecule has 0 fully saturated rings. The number of hydrogen-bond acceptors (Lipinski definition) is 4. The zero-order chi connectivity index (χ0) is 12.0. The topological polar surface area (TPSA) is 80.0 Å². The van der Waals surface area contributed by atoms with E-state index in [1.54, 1.807) is 0 Å². The van der Waals surface area contributed by atoms with Gasteiger partial charge in [-0.3, -0.25) is 4.68 Å². The van der Waals surface area contributed by atoms with Crippen molar-refractivity contribution in [2.45, 2.75) is 26.8 Å². The third-order valence-corrected chi connectivity index (χ3v) is 2.47. The minimum absolute atomic E-state index is 0.0121. The Kier molecular flexibility index (Phi) is 4.91. The molecule has 0 saturated carbocycles. The van der Waals surface area contributed by atoms with E-state index in [-0.39, 0.29) is 5.69 Å². The highest BCUT2D eigenvalue weighted by Gasteiger charge is 2.07. The second kappa shape index (κ2) is 6.22. The van der Waals surface area contributed by atoms with Crippen molar-refractivity contribution < 1.29 is 9.90 Å². The number of nitrogens with one attached hydrogen (secondary N) is 1. The molecule has 1 heterocycles. The minimum atomic E-state index is -1.04. The van der Waals surface area contributed by atoms with E-state index >= 15 is 0 Å². The number of carboxylic acid groups (broad SMARTS) is 1. The Labute approximate surface area is 94.7 Å². The van der Waals surface area contributed by atoms with Crippen LogP contribution in [0.1, 0.15) is 30.8 Å². The van der Waals surface area contributed by atoms with Gasteiger partial charge in [-0.1, -0.05) is 25.5 Å². The molecule has 0 aliphatic carbocycles. The average Bonchev–Trinajstić information content (AvgIpc) is 2.72. The summed E-state index contributed by atoms with van der Waals surface area (Å²) in [6.45, 7) is 6.72. The van der Waals surface area contributed by atoms with E-state index < -0.39 is 5.97 Å². The van der Waals surface area contributed by atoms with E-state index in [9.17, 15) is 4.79 Å².